The van der Waals surface area contributed by atoms with Gasteiger partial charge in [-0.15, -0.1) is 0 Å². The zero-order valence-corrected chi connectivity index (χ0v) is 25.5. The van der Waals surface area contributed by atoms with E-state index in [0.29, 0.717) is 0 Å². The third-order valence-electron chi connectivity index (χ3n) is 9.50. The minimum Gasteiger partial charge on any atom is -0.316 e. The molecule has 4 heterocycles. The van der Waals surface area contributed by atoms with Gasteiger partial charge in [0.2, 0.25) is 0 Å². The molecule has 220 valence electrons. The lowest BCUT2D eigenvalue weighted by molar-refractivity contribution is 1.13. The predicted molar refractivity (Wildman–Crippen MR) is 195 cm³/mol. The molecule has 10 aromatic rings. The quantitative estimate of drug-likeness (QED) is 0.197. The summed E-state index contributed by atoms with van der Waals surface area (Å²) in [6.07, 6.45) is 4.05. The zero-order valence-electron chi connectivity index (χ0n) is 25.5. The number of aromatic nitrogens is 4. The molecule has 0 N–H and O–H groups in total. The average Bonchev–Trinajstić information content (AvgIpc) is 3.82. The second-order valence-corrected chi connectivity index (χ2v) is 12.1. The summed E-state index contributed by atoms with van der Waals surface area (Å²) in [5, 5.41) is 6.15. The van der Waals surface area contributed by atoms with E-state index in [1.165, 1.54) is 54.5 Å². The molecular formula is C43H28N4. The Kier molecular flexibility index (Phi) is 5.54. The van der Waals surface area contributed by atoms with E-state index < -0.39 is 0 Å². The lowest BCUT2D eigenvalue weighted by Crippen LogP contribution is -1.96. The maximum Gasteiger partial charge on any atom is 0.0702 e. The van der Waals surface area contributed by atoms with Crippen LogP contribution in [0.1, 0.15) is 0 Å². The fourth-order valence-electron chi connectivity index (χ4n) is 7.46. The molecule has 0 atom stereocenters. The van der Waals surface area contributed by atoms with Crippen LogP contribution in [0.25, 0.3) is 82.8 Å². The molecule has 0 bridgehead atoms. The lowest BCUT2D eigenvalue weighted by Gasteiger charge is -2.12. The molecule has 0 aliphatic heterocycles. The van der Waals surface area contributed by atoms with Gasteiger partial charge in [-0.3, -0.25) is 4.98 Å². The van der Waals surface area contributed by atoms with Crippen LogP contribution >= 0.6 is 0 Å². The Morgan fingerprint density at radius 3 is 1.89 bits per heavy atom. The first-order valence-corrected chi connectivity index (χ1v) is 16.0. The molecule has 4 heteroatoms. The van der Waals surface area contributed by atoms with Crippen LogP contribution in [-0.2, 0) is 0 Å². The van der Waals surface area contributed by atoms with Crippen molar-refractivity contribution in [2.45, 2.75) is 0 Å². The van der Waals surface area contributed by atoms with Gasteiger partial charge in [0.05, 0.1) is 33.3 Å². The van der Waals surface area contributed by atoms with Crippen LogP contribution < -0.4 is 0 Å². The minimum atomic E-state index is 0.962. The van der Waals surface area contributed by atoms with Crippen molar-refractivity contribution in [1.29, 1.82) is 0 Å². The van der Waals surface area contributed by atoms with Crippen LogP contribution in [0, 0.1) is 0 Å². The van der Waals surface area contributed by atoms with Gasteiger partial charge in [-0.1, -0.05) is 78.9 Å². The van der Waals surface area contributed by atoms with E-state index in [9.17, 15) is 0 Å². The number of pyridine rings is 1. The van der Waals surface area contributed by atoms with Gasteiger partial charge in [0.25, 0.3) is 0 Å². The summed E-state index contributed by atoms with van der Waals surface area (Å²) >= 11 is 0. The van der Waals surface area contributed by atoms with E-state index in [1.54, 1.807) is 0 Å². The Hall–Kier alpha value is -6.39. The predicted octanol–water partition coefficient (Wildman–Crippen LogP) is 10.9. The highest BCUT2D eigenvalue weighted by molar-refractivity contribution is 6.23. The number of fused-ring (bicyclic) bond motifs is 8. The molecule has 10 rings (SSSR count). The second kappa shape index (κ2) is 10.1. The molecule has 0 saturated carbocycles. The maximum atomic E-state index is 4.67. The van der Waals surface area contributed by atoms with E-state index >= 15 is 0 Å². The Bertz CT molecular complexity index is 2770. The lowest BCUT2D eigenvalue weighted by atomic mass is 10.1. The highest BCUT2D eigenvalue weighted by atomic mass is 15.0. The monoisotopic (exact) mass is 600 g/mol. The number of hydrogen-bond acceptors (Lipinski definition) is 1. The van der Waals surface area contributed by atoms with E-state index in [2.05, 4.69) is 170 Å². The first kappa shape index (κ1) is 25.9. The highest BCUT2D eigenvalue weighted by Gasteiger charge is 2.21. The van der Waals surface area contributed by atoms with Gasteiger partial charge in [0, 0.05) is 62.0 Å². The van der Waals surface area contributed by atoms with Gasteiger partial charge >= 0.3 is 0 Å². The van der Waals surface area contributed by atoms with Crippen molar-refractivity contribution in [3.05, 3.63) is 170 Å². The van der Waals surface area contributed by atoms with Gasteiger partial charge in [0.1, 0.15) is 0 Å². The van der Waals surface area contributed by atoms with E-state index in [0.717, 1.165) is 28.3 Å². The van der Waals surface area contributed by atoms with Crippen molar-refractivity contribution in [2.75, 3.05) is 0 Å². The summed E-state index contributed by atoms with van der Waals surface area (Å²) in [6.45, 7) is 0. The largest absolute Gasteiger partial charge is 0.316 e. The number of rotatable bonds is 4. The second-order valence-electron chi connectivity index (χ2n) is 12.1. The molecule has 4 aromatic heterocycles. The Labute approximate surface area is 271 Å². The van der Waals surface area contributed by atoms with Gasteiger partial charge < -0.3 is 13.7 Å². The highest BCUT2D eigenvalue weighted by Crippen LogP contribution is 2.42. The standard InChI is InChI=1S/C43H28N4/c1-3-13-30(14-4-1)45-25-23-35-39(45)22-21-34-37-28-41-36(33-18-7-8-20-40(33)46(41)31-15-5-2-6-16-31)27-42(37)47(43(34)35)32-17-11-12-29(26-32)38-19-9-10-24-44-38/h1-28H. The van der Waals surface area contributed by atoms with Crippen LogP contribution in [-0.4, -0.2) is 18.7 Å². The fraction of sp³-hybridized carbons (Fsp3) is 0. The SMILES string of the molecule is c1ccc(-n2ccc3c2ccc2c4cc5c(cc4n(-c4cccc(-c6ccccn6)c4)c23)c2ccccc2n5-c2ccccc2)cc1. The number of hydrogen-bond donors (Lipinski definition) is 0. The molecule has 0 amide bonds. The molecule has 4 nitrogen and oxygen atoms in total. The van der Waals surface area contributed by atoms with Crippen molar-refractivity contribution < 1.29 is 0 Å². The molecule has 0 saturated heterocycles. The van der Waals surface area contributed by atoms with Crippen LogP contribution in [0.2, 0.25) is 0 Å². The number of para-hydroxylation sites is 3. The summed E-state index contributed by atoms with van der Waals surface area (Å²) in [5.74, 6) is 0. The summed E-state index contributed by atoms with van der Waals surface area (Å²) in [7, 11) is 0. The van der Waals surface area contributed by atoms with Gasteiger partial charge in [-0.2, -0.15) is 0 Å². The topological polar surface area (TPSA) is 27.7 Å². The van der Waals surface area contributed by atoms with Crippen LogP contribution in [0.15, 0.2) is 170 Å². The number of benzene rings is 6. The number of nitrogens with zero attached hydrogens (tertiary/aromatic N) is 4. The third-order valence-corrected chi connectivity index (χ3v) is 9.50. The molecule has 0 spiro atoms. The van der Waals surface area contributed by atoms with Crippen molar-refractivity contribution in [3.63, 3.8) is 0 Å². The minimum absolute atomic E-state index is 0.962. The molecule has 0 aliphatic carbocycles. The van der Waals surface area contributed by atoms with Gasteiger partial charge in [0.15, 0.2) is 0 Å². The average molecular weight is 601 g/mol. The van der Waals surface area contributed by atoms with Crippen molar-refractivity contribution in [1.82, 2.24) is 18.7 Å². The zero-order chi connectivity index (χ0) is 30.9. The van der Waals surface area contributed by atoms with Gasteiger partial charge in [-0.05, 0) is 78.9 Å². The van der Waals surface area contributed by atoms with E-state index in [4.69, 9.17) is 0 Å². The smallest absolute Gasteiger partial charge is 0.0702 e. The maximum absolute atomic E-state index is 4.67. The third kappa shape index (κ3) is 3.85. The van der Waals surface area contributed by atoms with E-state index in [-0.39, 0.29) is 0 Å². The Morgan fingerprint density at radius 1 is 0.383 bits per heavy atom. The summed E-state index contributed by atoms with van der Waals surface area (Å²) in [4.78, 5) is 4.67. The summed E-state index contributed by atoms with van der Waals surface area (Å²) in [6, 6.07) is 56.5. The first-order chi connectivity index (χ1) is 23.3. The van der Waals surface area contributed by atoms with Gasteiger partial charge in [-0.25, -0.2) is 0 Å². The summed E-state index contributed by atoms with van der Waals surface area (Å²) < 4.78 is 7.15. The Balaban J connectivity index is 1.35. The van der Waals surface area contributed by atoms with Crippen LogP contribution in [0.3, 0.4) is 0 Å². The van der Waals surface area contributed by atoms with Crippen LogP contribution in [0.4, 0.5) is 0 Å². The molecule has 0 radical (unpaired) electrons. The Morgan fingerprint density at radius 2 is 1.09 bits per heavy atom. The normalized spacial score (nSPS) is 11.8. The summed E-state index contributed by atoms with van der Waals surface area (Å²) in [5.41, 5.74) is 11.4. The fourth-order valence-corrected chi connectivity index (χ4v) is 7.46. The van der Waals surface area contributed by atoms with Crippen LogP contribution in [0.5, 0.6) is 0 Å². The molecule has 47 heavy (non-hydrogen) atoms. The molecule has 0 unspecified atom stereocenters. The van der Waals surface area contributed by atoms with Crippen molar-refractivity contribution in [3.8, 4) is 28.3 Å². The molecular weight excluding hydrogens is 573 g/mol. The first-order valence-electron chi connectivity index (χ1n) is 16.0. The van der Waals surface area contributed by atoms with Crippen molar-refractivity contribution >= 4 is 54.5 Å². The molecule has 0 aliphatic rings. The molecule has 0 fully saturated rings. The van der Waals surface area contributed by atoms with E-state index in [1.807, 2.05) is 18.3 Å². The molecule has 6 aromatic carbocycles. The van der Waals surface area contributed by atoms with Crippen molar-refractivity contribution in [2.24, 2.45) is 0 Å².